The molecule has 4 heteroatoms. The molecule has 0 radical (unpaired) electrons. The van der Waals surface area contributed by atoms with Crippen LogP contribution in [0.4, 0.5) is 0 Å². The van der Waals surface area contributed by atoms with Crippen molar-refractivity contribution in [2.24, 2.45) is 11.3 Å². The first-order valence-electron chi connectivity index (χ1n) is 6.71. The normalized spacial score (nSPS) is 21.2. The van der Waals surface area contributed by atoms with Crippen LogP contribution in [0.5, 0.6) is 0 Å². The number of carboxylic acids is 1. The molecule has 1 rings (SSSR count). The van der Waals surface area contributed by atoms with Crippen LogP contribution in [0.15, 0.2) is 24.3 Å². The summed E-state index contributed by atoms with van der Waals surface area (Å²) in [6, 6.07) is 0. The Hall–Kier alpha value is -1.58. The Balaban J connectivity index is 2.69. The van der Waals surface area contributed by atoms with E-state index in [-0.39, 0.29) is 11.8 Å². The molecule has 4 nitrogen and oxygen atoms in total. The van der Waals surface area contributed by atoms with Crippen LogP contribution in [0.25, 0.3) is 0 Å². The number of aliphatic carboxylic acids is 1. The third-order valence-corrected chi connectivity index (χ3v) is 3.85. The first kappa shape index (κ1) is 15.5. The summed E-state index contributed by atoms with van der Waals surface area (Å²) in [6.45, 7) is 6.61. The summed E-state index contributed by atoms with van der Waals surface area (Å²) in [5.41, 5.74) is -0.786. The minimum absolute atomic E-state index is 0.0119. The molecular weight excluding hydrogens is 242 g/mol. The molecule has 1 saturated heterocycles. The van der Waals surface area contributed by atoms with Gasteiger partial charge in [0.05, 0.1) is 5.41 Å². The maximum absolute atomic E-state index is 12.0. The quantitative estimate of drug-likeness (QED) is 0.627. The number of amides is 1. The van der Waals surface area contributed by atoms with Gasteiger partial charge in [0.15, 0.2) is 0 Å². The van der Waals surface area contributed by atoms with Crippen molar-refractivity contribution in [3.8, 4) is 0 Å². The molecule has 1 heterocycles. The topological polar surface area (TPSA) is 57.6 Å². The zero-order valence-electron chi connectivity index (χ0n) is 11.9. The van der Waals surface area contributed by atoms with Crippen molar-refractivity contribution in [2.75, 3.05) is 13.1 Å². The third-order valence-electron chi connectivity index (χ3n) is 3.85. The smallest absolute Gasteiger partial charge is 0.309 e. The average molecular weight is 265 g/mol. The fraction of sp³-hybridized carbons (Fsp3) is 0.600. The number of piperidine rings is 1. The van der Waals surface area contributed by atoms with Gasteiger partial charge < -0.3 is 10.0 Å². The van der Waals surface area contributed by atoms with Gasteiger partial charge in [0, 0.05) is 19.2 Å². The average Bonchev–Trinajstić information content (AvgIpc) is 2.39. The van der Waals surface area contributed by atoms with E-state index in [2.05, 4.69) is 0 Å². The summed E-state index contributed by atoms with van der Waals surface area (Å²) in [6.07, 6.45) is 8.65. The first-order valence-corrected chi connectivity index (χ1v) is 6.71. The van der Waals surface area contributed by atoms with Gasteiger partial charge in [-0.05, 0) is 39.5 Å². The second-order valence-corrected chi connectivity index (χ2v) is 5.54. The number of hydrogen-bond donors (Lipinski definition) is 1. The largest absolute Gasteiger partial charge is 0.481 e. The lowest BCUT2D eigenvalue weighted by molar-refractivity contribution is -0.152. The van der Waals surface area contributed by atoms with Crippen molar-refractivity contribution in [1.82, 2.24) is 4.90 Å². The van der Waals surface area contributed by atoms with E-state index in [1.807, 2.05) is 13.0 Å². The molecule has 106 valence electrons. The lowest BCUT2D eigenvalue weighted by Gasteiger charge is -2.38. The highest BCUT2D eigenvalue weighted by Gasteiger charge is 2.39. The molecule has 0 spiro atoms. The summed E-state index contributed by atoms with van der Waals surface area (Å²) in [7, 11) is 0. The number of carbonyl (C=O) groups excluding carboxylic acids is 1. The number of hydrogen-bond acceptors (Lipinski definition) is 2. The summed E-state index contributed by atoms with van der Waals surface area (Å²) >= 11 is 0. The van der Waals surface area contributed by atoms with Gasteiger partial charge in [-0.25, -0.2) is 0 Å². The molecule has 0 aromatic carbocycles. The summed E-state index contributed by atoms with van der Waals surface area (Å²) < 4.78 is 0. The number of carboxylic acid groups (broad SMARTS) is 1. The predicted octanol–water partition coefficient (Wildman–Crippen LogP) is 2.47. The SMILES string of the molecule is CC=CC=CC(=O)N1CCCC(C(C)(C)C(=O)O)C1. The maximum Gasteiger partial charge on any atom is 0.309 e. The molecule has 0 bridgehead atoms. The monoisotopic (exact) mass is 265 g/mol. The summed E-state index contributed by atoms with van der Waals surface area (Å²) in [4.78, 5) is 25.0. The van der Waals surface area contributed by atoms with E-state index in [4.69, 9.17) is 0 Å². The second kappa shape index (κ2) is 6.55. The lowest BCUT2D eigenvalue weighted by atomic mass is 9.74. The van der Waals surface area contributed by atoms with Crippen molar-refractivity contribution < 1.29 is 14.7 Å². The summed E-state index contributed by atoms with van der Waals surface area (Å²) in [5, 5.41) is 9.27. The molecule has 1 amide bonds. The molecule has 1 N–H and O–H groups in total. The molecular formula is C15H23NO3. The van der Waals surface area contributed by atoms with Crippen LogP contribution in [0.3, 0.4) is 0 Å². The Kier molecular flexibility index (Phi) is 5.33. The molecule has 1 atom stereocenters. The van der Waals surface area contributed by atoms with Crippen molar-refractivity contribution >= 4 is 11.9 Å². The number of allylic oxidation sites excluding steroid dienone is 3. The maximum atomic E-state index is 12.0. The van der Waals surface area contributed by atoms with Gasteiger partial charge in [-0.2, -0.15) is 0 Å². The van der Waals surface area contributed by atoms with E-state index in [1.54, 1.807) is 30.9 Å². The zero-order chi connectivity index (χ0) is 14.5. The van der Waals surface area contributed by atoms with Crippen LogP contribution < -0.4 is 0 Å². The molecule has 1 aliphatic rings. The molecule has 1 unspecified atom stereocenters. The highest BCUT2D eigenvalue weighted by molar-refractivity contribution is 5.88. The molecule has 19 heavy (non-hydrogen) atoms. The van der Waals surface area contributed by atoms with Gasteiger partial charge in [0.1, 0.15) is 0 Å². The highest BCUT2D eigenvalue weighted by Crippen LogP contribution is 2.34. The molecule has 0 aromatic rings. The van der Waals surface area contributed by atoms with Gasteiger partial charge in [0.2, 0.25) is 5.91 Å². The van der Waals surface area contributed by atoms with Gasteiger partial charge in [-0.3, -0.25) is 9.59 Å². The Bertz CT molecular complexity index is 396. The summed E-state index contributed by atoms with van der Waals surface area (Å²) in [5.74, 6) is -0.821. The standard InChI is InChI=1S/C15H23NO3/c1-4-5-6-9-13(17)16-10-7-8-12(11-16)15(2,3)14(18)19/h4-6,9,12H,7-8,10-11H2,1-3H3,(H,18,19). The molecule has 0 aliphatic carbocycles. The van der Waals surface area contributed by atoms with Crippen LogP contribution in [0.1, 0.15) is 33.6 Å². The van der Waals surface area contributed by atoms with Crippen LogP contribution in [0, 0.1) is 11.3 Å². The number of rotatable bonds is 4. The van der Waals surface area contributed by atoms with Crippen molar-refractivity contribution in [3.63, 3.8) is 0 Å². The van der Waals surface area contributed by atoms with Crippen molar-refractivity contribution in [3.05, 3.63) is 24.3 Å². The van der Waals surface area contributed by atoms with E-state index in [9.17, 15) is 14.7 Å². The Morgan fingerprint density at radius 3 is 2.58 bits per heavy atom. The van der Waals surface area contributed by atoms with Crippen LogP contribution in [-0.2, 0) is 9.59 Å². The molecule has 0 aromatic heterocycles. The first-order chi connectivity index (χ1) is 8.89. The highest BCUT2D eigenvalue weighted by atomic mass is 16.4. The molecule has 1 fully saturated rings. The van der Waals surface area contributed by atoms with Crippen molar-refractivity contribution in [1.29, 1.82) is 0 Å². The van der Waals surface area contributed by atoms with Crippen LogP contribution in [-0.4, -0.2) is 35.0 Å². The third kappa shape index (κ3) is 3.94. The Labute approximate surface area is 114 Å². The van der Waals surface area contributed by atoms with E-state index >= 15 is 0 Å². The Morgan fingerprint density at radius 1 is 1.32 bits per heavy atom. The predicted molar refractivity (Wildman–Crippen MR) is 74.7 cm³/mol. The van der Waals surface area contributed by atoms with E-state index < -0.39 is 11.4 Å². The molecule has 0 saturated carbocycles. The van der Waals surface area contributed by atoms with Gasteiger partial charge in [-0.15, -0.1) is 0 Å². The fourth-order valence-corrected chi connectivity index (χ4v) is 2.30. The minimum Gasteiger partial charge on any atom is -0.481 e. The van der Waals surface area contributed by atoms with Gasteiger partial charge in [0.25, 0.3) is 0 Å². The zero-order valence-corrected chi connectivity index (χ0v) is 11.9. The Morgan fingerprint density at radius 2 is 2.00 bits per heavy atom. The second-order valence-electron chi connectivity index (χ2n) is 5.54. The minimum atomic E-state index is -0.795. The van der Waals surface area contributed by atoms with E-state index in [1.165, 1.54) is 6.08 Å². The number of nitrogens with zero attached hydrogens (tertiary/aromatic N) is 1. The van der Waals surface area contributed by atoms with Crippen LogP contribution in [0.2, 0.25) is 0 Å². The van der Waals surface area contributed by atoms with Gasteiger partial charge >= 0.3 is 5.97 Å². The van der Waals surface area contributed by atoms with E-state index in [0.29, 0.717) is 13.1 Å². The molecule has 1 aliphatic heterocycles. The number of carbonyl (C=O) groups is 2. The van der Waals surface area contributed by atoms with Crippen molar-refractivity contribution in [2.45, 2.75) is 33.6 Å². The van der Waals surface area contributed by atoms with E-state index in [0.717, 1.165) is 12.8 Å². The number of likely N-dealkylation sites (tertiary alicyclic amines) is 1. The fourth-order valence-electron chi connectivity index (χ4n) is 2.30. The lowest BCUT2D eigenvalue weighted by Crippen LogP contribution is -2.46. The van der Waals surface area contributed by atoms with Crippen LogP contribution >= 0.6 is 0 Å². The van der Waals surface area contributed by atoms with Gasteiger partial charge in [-0.1, -0.05) is 18.2 Å².